The van der Waals surface area contributed by atoms with Crippen molar-refractivity contribution in [3.8, 4) is 5.75 Å². The zero-order valence-electron chi connectivity index (χ0n) is 15.2. The van der Waals surface area contributed by atoms with E-state index in [4.69, 9.17) is 4.42 Å². The van der Waals surface area contributed by atoms with Crippen molar-refractivity contribution < 1.29 is 14.3 Å². The van der Waals surface area contributed by atoms with Gasteiger partial charge in [-0.2, -0.15) is 0 Å². The summed E-state index contributed by atoms with van der Waals surface area (Å²) in [5.41, 5.74) is 1.68. The average Bonchev–Trinajstić information content (AvgIpc) is 3.36. The third-order valence-electron chi connectivity index (χ3n) is 4.52. The Morgan fingerprint density at radius 3 is 2.64 bits per heavy atom. The fraction of sp³-hybridized carbons (Fsp3) is 0.182. The number of benzene rings is 2. The van der Waals surface area contributed by atoms with Crippen LogP contribution in [0.15, 0.2) is 71.3 Å². The van der Waals surface area contributed by atoms with Crippen molar-refractivity contribution in [3.05, 3.63) is 83.3 Å². The Hall–Kier alpha value is -3.12. The summed E-state index contributed by atoms with van der Waals surface area (Å²) in [6, 6.07) is 18.7. The zero-order valence-corrected chi connectivity index (χ0v) is 16.1. The van der Waals surface area contributed by atoms with Crippen LogP contribution in [0.25, 0.3) is 10.2 Å². The molecule has 2 aromatic heterocycles. The van der Waals surface area contributed by atoms with Crippen LogP contribution in [0, 0.1) is 0 Å². The van der Waals surface area contributed by atoms with Gasteiger partial charge in [0.25, 0.3) is 0 Å². The molecule has 0 saturated heterocycles. The molecule has 0 spiro atoms. The van der Waals surface area contributed by atoms with E-state index in [0.717, 1.165) is 15.2 Å². The van der Waals surface area contributed by atoms with Gasteiger partial charge >= 0.3 is 0 Å². The normalized spacial score (nSPS) is 11.0. The van der Waals surface area contributed by atoms with Crippen molar-refractivity contribution in [2.75, 3.05) is 0 Å². The van der Waals surface area contributed by atoms with Crippen molar-refractivity contribution in [1.82, 2.24) is 9.88 Å². The fourth-order valence-corrected chi connectivity index (χ4v) is 4.04. The van der Waals surface area contributed by atoms with Crippen LogP contribution in [0.3, 0.4) is 0 Å². The van der Waals surface area contributed by atoms with Crippen molar-refractivity contribution in [1.29, 1.82) is 0 Å². The highest BCUT2D eigenvalue weighted by Gasteiger charge is 2.18. The molecule has 0 aliphatic heterocycles. The molecular formula is C22H20N2O3S. The van der Waals surface area contributed by atoms with Gasteiger partial charge in [-0.1, -0.05) is 30.3 Å². The van der Waals surface area contributed by atoms with Gasteiger partial charge in [-0.3, -0.25) is 4.79 Å². The van der Waals surface area contributed by atoms with E-state index in [1.807, 2.05) is 42.5 Å². The van der Waals surface area contributed by atoms with Crippen LogP contribution < -0.4 is 0 Å². The molecule has 6 heteroatoms. The van der Waals surface area contributed by atoms with Crippen LogP contribution in [0.2, 0.25) is 0 Å². The zero-order chi connectivity index (χ0) is 19.3. The summed E-state index contributed by atoms with van der Waals surface area (Å²) in [5.74, 6) is 0.897. The lowest BCUT2D eigenvalue weighted by Crippen LogP contribution is -2.30. The molecule has 0 saturated carbocycles. The molecule has 4 aromatic rings. The van der Waals surface area contributed by atoms with Gasteiger partial charge in [0.1, 0.15) is 11.5 Å². The Morgan fingerprint density at radius 2 is 1.86 bits per heavy atom. The SMILES string of the molecule is O=C(CCc1nc2ccccc2s1)N(Cc1ccco1)Cc1ccccc1O. The number of carbonyl (C=O) groups is 1. The first-order valence-electron chi connectivity index (χ1n) is 9.10. The minimum Gasteiger partial charge on any atom is -0.508 e. The maximum absolute atomic E-state index is 13.0. The number of phenols is 1. The van der Waals surface area contributed by atoms with Gasteiger partial charge in [0.05, 0.1) is 28.0 Å². The van der Waals surface area contributed by atoms with Gasteiger partial charge in [0.15, 0.2) is 0 Å². The number of phenolic OH excluding ortho intramolecular Hbond substituents is 1. The number of aromatic hydroxyl groups is 1. The van der Waals surface area contributed by atoms with E-state index in [1.54, 1.807) is 40.7 Å². The smallest absolute Gasteiger partial charge is 0.223 e. The highest BCUT2D eigenvalue weighted by molar-refractivity contribution is 7.18. The van der Waals surface area contributed by atoms with Crippen molar-refractivity contribution in [2.45, 2.75) is 25.9 Å². The second-order valence-corrected chi connectivity index (χ2v) is 7.65. The Morgan fingerprint density at radius 1 is 1.04 bits per heavy atom. The van der Waals surface area contributed by atoms with E-state index < -0.39 is 0 Å². The molecule has 1 amide bonds. The topological polar surface area (TPSA) is 66.6 Å². The van der Waals surface area contributed by atoms with Gasteiger partial charge in [0.2, 0.25) is 5.91 Å². The second-order valence-electron chi connectivity index (χ2n) is 6.53. The van der Waals surface area contributed by atoms with Gasteiger partial charge in [-0.15, -0.1) is 11.3 Å². The number of aromatic nitrogens is 1. The van der Waals surface area contributed by atoms with Crippen LogP contribution >= 0.6 is 11.3 Å². The molecule has 2 heterocycles. The molecule has 0 aliphatic carbocycles. The lowest BCUT2D eigenvalue weighted by atomic mass is 10.1. The highest BCUT2D eigenvalue weighted by Crippen LogP contribution is 2.24. The highest BCUT2D eigenvalue weighted by atomic mass is 32.1. The van der Waals surface area contributed by atoms with E-state index in [1.165, 1.54) is 0 Å². The summed E-state index contributed by atoms with van der Waals surface area (Å²) in [6.07, 6.45) is 2.54. The van der Waals surface area contributed by atoms with Crippen LogP contribution in [0.5, 0.6) is 5.75 Å². The minimum absolute atomic E-state index is 0.00101. The minimum atomic E-state index is -0.00101. The van der Waals surface area contributed by atoms with E-state index >= 15 is 0 Å². The van der Waals surface area contributed by atoms with Crippen molar-refractivity contribution in [2.24, 2.45) is 0 Å². The predicted octanol–water partition coefficient (Wildman–Crippen LogP) is 4.76. The quantitative estimate of drug-likeness (QED) is 0.493. The summed E-state index contributed by atoms with van der Waals surface area (Å²) in [7, 11) is 0. The number of furan rings is 1. The second kappa shape index (κ2) is 8.27. The molecule has 2 aromatic carbocycles. The summed E-state index contributed by atoms with van der Waals surface area (Å²) >= 11 is 1.62. The summed E-state index contributed by atoms with van der Waals surface area (Å²) in [5, 5.41) is 11.0. The van der Waals surface area contributed by atoms with Crippen LogP contribution in [-0.4, -0.2) is 20.9 Å². The van der Waals surface area contributed by atoms with E-state index in [9.17, 15) is 9.90 Å². The number of fused-ring (bicyclic) bond motifs is 1. The molecular weight excluding hydrogens is 372 g/mol. The Kier molecular flexibility index (Phi) is 5.39. The largest absolute Gasteiger partial charge is 0.508 e. The standard InChI is InChI=1S/C22H20N2O3S/c25-19-9-3-1-6-16(19)14-24(15-17-7-5-13-27-17)22(26)12-11-21-23-18-8-2-4-10-20(18)28-21/h1-10,13,25H,11-12,14-15H2. The third kappa shape index (κ3) is 4.23. The maximum atomic E-state index is 13.0. The number of para-hydroxylation sites is 2. The van der Waals surface area contributed by atoms with Crippen LogP contribution in [0.1, 0.15) is 22.8 Å². The van der Waals surface area contributed by atoms with Crippen molar-refractivity contribution in [3.63, 3.8) is 0 Å². The van der Waals surface area contributed by atoms with E-state index in [-0.39, 0.29) is 11.7 Å². The summed E-state index contributed by atoms with van der Waals surface area (Å²) < 4.78 is 6.55. The van der Waals surface area contributed by atoms with Gasteiger partial charge < -0.3 is 14.4 Å². The first kappa shape index (κ1) is 18.3. The first-order chi connectivity index (χ1) is 13.7. The lowest BCUT2D eigenvalue weighted by molar-refractivity contribution is -0.132. The fourth-order valence-electron chi connectivity index (χ4n) is 3.07. The molecule has 0 unspecified atom stereocenters. The Labute approximate surface area is 166 Å². The third-order valence-corrected chi connectivity index (χ3v) is 5.62. The number of aryl methyl sites for hydroxylation is 1. The number of hydrogen-bond acceptors (Lipinski definition) is 5. The molecule has 0 aliphatic rings. The molecule has 142 valence electrons. The monoisotopic (exact) mass is 392 g/mol. The summed E-state index contributed by atoms with van der Waals surface area (Å²) in [6.45, 7) is 0.687. The molecule has 0 radical (unpaired) electrons. The van der Waals surface area contributed by atoms with Crippen molar-refractivity contribution >= 4 is 27.5 Å². The maximum Gasteiger partial charge on any atom is 0.223 e. The molecule has 0 bridgehead atoms. The molecule has 5 nitrogen and oxygen atoms in total. The molecule has 0 atom stereocenters. The molecule has 0 fully saturated rings. The lowest BCUT2D eigenvalue weighted by Gasteiger charge is -2.22. The Balaban J connectivity index is 1.48. The van der Waals surface area contributed by atoms with E-state index in [0.29, 0.717) is 37.3 Å². The number of amides is 1. The number of carbonyl (C=O) groups excluding carboxylic acids is 1. The predicted molar refractivity (Wildman–Crippen MR) is 109 cm³/mol. The number of nitrogens with zero attached hydrogens (tertiary/aromatic N) is 2. The van der Waals surface area contributed by atoms with E-state index in [2.05, 4.69) is 4.98 Å². The number of thiazole rings is 1. The average molecular weight is 392 g/mol. The Bertz CT molecular complexity index is 1040. The molecule has 4 rings (SSSR count). The first-order valence-corrected chi connectivity index (χ1v) is 9.92. The number of hydrogen-bond donors (Lipinski definition) is 1. The number of rotatable bonds is 7. The van der Waals surface area contributed by atoms with Gasteiger partial charge in [-0.25, -0.2) is 4.98 Å². The van der Waals surface area contributed by atoms with Crippen LogP contribution in [0.4, 0.5) is 0 Å². The van der Waals surface area contributed by atoms with Crippen LogP contribution in [-0.2, 0) is 24.3 Å². The summed E-state index contributed by atoms with van der Waals surface area (Å²) in [4.78, 5) is 19.3. The van der Waals surface area contributed by atoms with Gasteiger partial charge in [-0.05, 0) is 30.3 Å². The van der Waals surface area contributed by atoms with Gasteiger partial charge in [0, 0.05) is 24.9 Å². The molecule has 1 N–H and O–H groups in total. The molecule has 28 heavy (non-hydrogen) atoms.